The maximum Gasteiger partial charge on any atom is 0.233 e. The van der Waals surface area contributed by atoms with Crippen molar-refractivity contribution >= 4 is 11.8 Å². The summed E-state index contributed by atoms with van der Waals surface area (Å²) in [5.41, 5.74) is 1.11. The van der Waals surface area contributed by atoms with Gasteiger partial charge >= 0.3 is 0 Å². The predicted molar refractivity (Wildman–Crippen MR) is 93.0 cm³/mol. The summed E-state index contributed by atoms with van der Waals surface area (Å²) in [6, 6.07) is 7.89. The molecule has 1 N–H and O–H groups in total. The van der Waals surface area contributed by atoms with Crippen molar-refractivity contribution in [2.24, 2.45) is 0 Å². The Morgan fingerprint density at radius 3 is 2.54 bits per heavy atom. The molecule has 0 atom stereocenters. The van der Waals surface area contributed by atoms with Crippen LogP contribution in [0.3, 0.4) is 0 Å². The summed E-state index contributed by atoms with van der Waals surface area (Å²) in [5, 5.41) is 2.62. The van der Waals surface area contributed by atoms with Gasteiger partial charge < -0.3 is 15.0 Å². The lowest BCUT2D eigenvalue weighted by molar-refractivity contribution is -0.133. The number of ether oxygens (including phenoxy) is 1. The first-order valence-electron chi connectivity index (χ1n) is 8.49. The monoisotopic (exact) mass is 333 g/mol. The van der Waals surface area contributed by atoms with Crippen LogP contribution in [0.2, 0.25) is 0 Å². The first kappa shape index (κ1) is 18.3. The lowest BCUT2D eigenvalue weighted by atomic mass is 10.2. The molecule has 0 saturated carbocycles. The van der Waals surface area contributed by atoms with Gasteiger partial charge in [0.1, 0.15) is 5.75 Å². The predicted octanol–water partition coefficient (Wildman–Crippen LogP) is 1.04. The molecule has 1 heterocycles. The van der Waals surface area contributed by atoms with Crippen LogP contribution >= 0.6 is 0 Å². The highest BCUT2D eigenvalue weighted by molar-refractivity contribution is 5.78. The van der Waals surface area contributed by atoms with Crippen molar-refractivity contribution in [3.05, 3.63) is 29.8 Å². The fraction of sp³-hybridized carbons (Fsp3) is 0.556. The minimum atomic E-state index is 0.0168. The molecule has 0 radical (unpaired) electrons. The van der Waals surface area contributed by atoms with Crippen LogP contribution in [0.5, 0.6) is 5.75 Å². The van der Waals surface area contributed by atoms with E-state index in [-0.39, 0.29) is 11.8 Å². The second-order valence-corrected chi connectivity index (χ2v) is 6.05. The van der Waals surface area contributed by atoms with E-state index in [9.17, 15) is 9.59 Å². The number of likely N-dealkylation sites (N-methyl/N-ethyl adjacent to an activating group) is 1. The van der Waals surface area contributed by atoms with Crippen molar-refractivity contribution < 1.29 is 14.3 Å². The molecule has 0 unspecified atom stereocenters. The summed E-state index contributed by atoms with van der Waals surface area (Å²) in [7, 11) is 1.64. The number of hydrogen-bond acceptors (Lipinski definition) is 4. The number of nitrogens with one attached hydrogen (secondary N) is 1. The third-order valence-corrected chi connectivity index (χ3v) is 4.26. The Morgan fingerprint density at radius 2 is 1.88 bits per heavy atom. The lowest BCUT2D eigenvalue weighted by Gasteiger charge is -2.34. The zero-order valence-electron chi connectivity index (χ0n) is 14.6. The number of para-hydroxylation sites is 1. The minimum absolute atomic E-state index is 0.0168. The average Bonchev–Trinajstić information content (AvgIpc) is 2.60. The topological polar surface area (TPSA) is 61.9 Å². The van der Waals surface area contributed by atoms with Crippen molar-refractivity contribution in [1.82, 2.24) is 15.1 Å². The van der Waals surface area contributed by atoms with E-state index in [1.807, 2.05) is 36.1 Å². The number of rotatable bonds is 7. The second kappa shape index (κ2) is 9.27. The Hall–Kier alpha value is -2.08. The van der Waals surface area contributed by atoms with Gasteiger partial charge in [0.05, 0.1) is 13.2 Å². The Kier molecular flexibility index (Phi) is 7.06. The summed E-state index contributed by atoms with van der Waals surface area (Å²) >= 11 is 0. The Labute approximate surface area is 143 Å². The highest BCUT2D eigenvalue weighted by Crippen LogP contribution is 2.16. The molecule has 1 aliphatic heterocycles. The van der Waals surface area contributed by atoms with E-state index in [0.717, 1.165) is 24.4 Å². The van der Waals surface area contributed by atoms with Crippen LogP contribution < -0.4 is 10.1 Å². The fourth-order valence-corrected chi connectivity index (χ4v) is 2.72. The minimum Gasteiger partial charge on any atom is -0.493 e. The number of nitrogens with zero attached hydrogens (tertiary/aromatic N) is 2. The van der Waals surface area contributed by atoms with E-state index in [1.54, 1.807) is 7.05 Å². The molecule has 1 aromatic carbocycles. The van der Waals surface area contributed by atoms with Crippen LogP contribution in [0.25, 0.3) is 0 Å². The molecule has 2 rings (SSSR count). The van der Waals surface area contributed by atoms with Gasteiger partial charge in [0.15, 0.2) is 0 Å². The maximum atomic E-state index is 12.2. The van der Waals surface area contributed by atoms with E-state index in [1.165, 1.54) is 0 Å². The van der Waals surface area contributed by atoms with E-state index in [0.29, 0.717) is 39.1 Å². The van der Waals surface area contributed by atoms with Crippen LogP contribution in [0, 0.1) is 6.92 Å². The van der Waals surface area contributed by atoms with Gasteiger partial charge in [-0.1, -0.05) is 18.2 Å². The summed E-state index contributed by atoms with van der Waals surface area (Å²) in [4.78, 5) is 27.6. The van der Waals surface area contributed by atoms with Crippen LogP contribution in [-0.2, 0) is 9.59 Å². The Balaban J connectivity index is 1.63. The van der Waals surface area contributed by atoms with E-state index < -0.39 is 0 Å². The maximum absolute atomic E-state index is 12.2. The molecule has 0 bridgehead atoms. The van der Waals surface area contributed by atoms with Crippen molar-refractivity contribution in [2.45, 2.75) is 19.8 Å². The lowest BCUT2D eigenvalue weighted by Crippen LogP contribution is -2.50. The largest absolute Gasteiger partial charge is 0.493 e. The van der Waals surface area contributed by atoms with Crippen LogP contribution in [0.4, 0.5) is 0 Å². The van der Waals surface area contributed by atoms with Gasteiger partial charge in [-0.3, -0.25) is 14.5 Å². The normalized spacial score (nSPS) is 15.2. The first-order valence-corrected chi connectivity index (χ1v) is 8.49. The van der Waals surface area contributed by atoms with Crippen molar-refractivity contribution in [3.8, 4) is 5.75 Å². The van der Waals surface area contributed by atoms with Crippen molar-refractivity contribution in [1.29, 1.82) is 0 Å². The highest BCUT2D eigenvalue weighted by atomic mass is 16.5. The third kappa shape index (κ3) is 5.53. The van der Waals surface area contributed by atoms with Gasteiger partial charge in [-0.15, -0.1) is 0 Å². The number of piperazine rings is 1. The number of aryl methyl sites for hydroxylation is 1. The first-order chi connectivity index (χ1) is 11.6. The smallest absolute Gasteiger partial charge is 0.233 e. The zero-order valence-corrected chi connectivity index (χ0v) is 14.6. The van der Waals surface area contributed by atoms with E-state index in [4.69, 9.17) is 4.74 Å². The van der Waals surface area contributed by atoms with Crippen molar-refractivity contribution in [2.75, 3.05) is 46.4 Å². The molecule has 0 aliphatic carbocycles. The molecule has 1 aromatic rings. The second-order valence-electron chi connectivity index (χ2n) is 6.05. The van der Waals surface area contributed by atoms with Crippen molar-refractivity contribution in [3.63, 3.8) is 0 Å². The van der Waals surface area contributed by atoms with Crippen LogP contribution in [0.1, 0.15) is 18.4 Å². The molecule has 1 fully saturated rings. The third-order valence-electron chi connectivity index (χ3n) is 4.26. The molecule has 1 saturated heterocycles. The van der Waals surface area contributed by atoms with Gasteiger partial charge in [-0.05, 0) is 25.0 Å². The number of amides is 2. The SMILES string of the molecule is CNC(=O)CN1CCN(C(=O)CCCOc2ccccc2C)CC1. The summed E-state index contributed by atoms with van der Waals surface area (Å²) in [5.74, 6) is 1.07. The van der Waals surface area contributed by atoms with Crippen LogP contribution in [0.15, 0.2) is 24.3 Å². The van der Waals surface area contributed by atoms with E-state index in [2.05, 4.69) is 10.2 Å². The van der Waals surface area contributed by atoms with E-state index >= 15 is 0 Å². The summed E-state index contributed by atoms with van der Waals surface area (Å²) in [6.07, 6.45) is 1.22. The zero-order chi connectivity index (χ0) is 17.4. The molecule has 1 aliphatic rings. The van der Waals surface area contributed by atoms with Gasteiger partial charge in [0.25, 0.3) is 0 Å². The van der Waals surface area contributed by atoms with Gasteiger partial charge in [0, 0.05) is 39.6 Å². The average molecular weight is 333 g/mol. The molecular weight excluding hydrogens is 306 g/mol. The Morgan fingerprint density at radius 1 is 1.17 bits per heavy atom. The number of hydrogen-bond donors (Lipinski definition) is 1. The van der Waals surface area contributed by atoms with Gasteiger partial charge in [-0.2, -0.15) is 0 Å². The number of benzene rings is 1. The van der Waals surface area contributed by atoms with Gasteiger partial charge in [0.2, 0.25) is 11.8 Å². The molecule has 6 heteroatoms. The summed E-state index contributed by atoms with van der Waals surface area (Å²) in [6.45, 7) is 5.84. The highest BCUT2D eigenvalue weighted by Gasteiger charge is 2.21. The Bertz CT molecular complexity index is 554. The van der Waals surface area contributed by atoms with Crippen LogP contribution in [-0.4, -0.2) is 68.0 Å². The summed E-state index contributed by atoms with van der Waals surface area (Å²) < 4.78 is 5.72. The molecule has 2 amide bonds. The quantitative estimate of drug-likeness (QED) is 0.758. The van der Waals surface area contributed by atoms with Gasteiger partial charge in [-0.25, -0.2) is 0 Å². The number of carbonyl (C=O) groups excluding carboxylic acids is 2. The molecule has 0 spiro atoms. The standard InChI is InChI=1S/C18H27N3O3/c1-15-6-3-4-7-16(15)24-13-5-8-18(23)21-11-9-20(10-12-21)14-17(22)19-2/h3-4,6-7H,5,8-14H2,1-2H3,(H,19,22). The number of carbonyl (C=O) groups is 2. The molecule has 6 nitrogen and oxygen atoms in total. The molecular formula is C18H27N3O3. The molecule has 24 heavy (non-hydrogen) atoms. The fourth-order valence-electron chi connectivity index (χ4n) is 2.72. The molecule has 0 aromatic heterocycles. The molecule has 132 valence electrons.